The van der Waals surface area contributed by atoms with Gasteiger partial charge in [-0.1, -0.05) is 69.9 Å². The van der Waals surface area contributed by atoms with Crippen LogP contribution in [0.1, 0.15) is 76.8 Å². The number of aliphatic hydroxyl groups excluding tert-OH is 2. The van der Waals surface area contributed by atoms with Crippen molar-refractivity contribution >= 4 is 0 Å². The Balaban J connectivity index is 1.50. The maximum Gasteiger partial charge on any atom is 0.0982 e. The molecule has 0 spiro atoms. The Morgan fingerprint density at radius 3 is 2.28 bits per heavy atom. The van der Waals surface area contributed by atoms with Crippen molar-refractivity contribution in [2.75, 3.05) is 6.54 Å². The predicted octanol–water partition coefficient (Wildman–Crippen LogP) is 2.44. The van der Waals surface area contributed by atoms with E-state index in [0.29, 0.717) is 13.1 Å². The molecule has 1 aromatic rings. The van der Waals surface area contributed by atoms with E-state index < -0.39 is 12.2 Å². The van der Waals surface area contributed by atoms with Crippen LogP contribution in [0.4, 0.5) is 0 Å². The maximum atomic E-state index is 9.86. The van der Waals surface area contributed by atoms with Gasteiger partial charge < -0.3 is 15.5 Å². The molecule has 0 radical (unpaired) electrons. The summed E-state index contributed by atoms with van der Waals surface area (Å²) < 4.78 is 1.77. The van der Waals surface area contributed by atoms with Crippen molar-refractivity contribution in [2.45, 2.75) is 102 Å². The van der Waals surface area contributed by atoms with E-state index >= 15 is 0 Å². The van der Waals surface area contributed by atoms with Crippen LogP contribution in [0.25, 0.3) is 0 Å². The summed E-state index contributed by atoms with van der Waals surface area (Å²) in [6.45, 7) is 3.24. The summed E-state index contributed by atoms with van der Waals surface area (Å²) in [4.78, 5) is 0. The lowest BCUT2D eigenvalue weighted by Gasteiger charge is -2.15. The molecule has 3 N–H and O–H groups in total. The van der Waals surface area contributed by atoms with E-state index in [0.717, 1.165) is 18.5 Å². The third kappa shape index (κ3) is 7.42. The van der Waals surface area contributed by atoms with Gasteiger partial charge in [0.15, 0.2) is 0 Å². The Morgan fingerprint density at radius 1 is 1.04 bits per heavy atom. The molecule has 25 heavy (non-hydrogen) atoms. The molecule has 0 aliphatic carbocycles. The zero-order valence-electron chi connectivity index (χ0n) is 15.7. The van der Waals surface area contributed by atoms with Gasteiger partial charge in [0.1, 0.15) is 0 Å². The van der Waals surface area contributed by atoms with E-state index in [1.165, 1.54) is 57.8 Å². The zero-order valence-corrected chi connectivity index (χ0v) is 15.7. The average Bonchev–Trinajstić information content (AvgIpc) is 3.18. The number of nitrogens with zero attached hydrogens (tertiary/aromatic N) is 3. The molecular weight excluding hydrogens is 316 g/mol. The molecule has 1 aromatic heterocycles. The van der Waals surface area contributed by atoms with Gasteiger partial charge in [-0.15, -0.1) is 5.10 Å². The summed E-state index contributed by atoms with van der Waals surface area (Å²) in [6.07, 6.45) is 14.9. The van der Waals surface area contributed by atoms with Crippen molar-refractivity contribution in [3.8, 4) is 0 Å². The van der Waals surface area contributed by atoms with E-state index in [1.54, 1.807) is 4.68 Å². The number of aryl methyl sites for hydroxylation is 1. The number of nitrogens with one attached hydrogen (secondary N) is 1. The minimum Gasteiger partial charge on any atom is -0.389 e. The largest absolute Gasteiger partial charge is 0.389 e. The summed E-state index contributed by atoms with van der Waals surface area (Å²) in [5.74, 6) is 0. The minimum absolute atomic E-state index is 0.151. The summed E-state index contributed by atoms with van der Waals surface area (Å²) in [6, 6.07) is -0.151. The number of aromatic nitrogens is 3. The number of hydrogen-bond acceptors (Lipinski definition) is 5. The lowest BCUT2D eigenvalue weighted by atomic mass is 10.1. The molecule has 6 heteroatoms. The van der Waals surface area contributed by atoms with Crippen LogP contribution < -0.4 is 5.32 Å². The highest BCUT2D eigenvalue weighted by Crippen LogP contribution is 2.13. The predicted molar refractivity (Wildman–Crippen MR) is 99.4 cm³/mol. The van der Waals surface area contributed by atoms with Crippen molar-refractivity contribution in [3.63, 3.8) is 0 Å². The van der Waals surface area contributed by atoms with Crippen LogP contribution in [0.2, 0.25) is 0 Å². The first-order chi connectivity index (χ1) is 12.2. The third-order valence-corrected chi connectivity index (χ3v) is 5.15. The van der Waals surface area contributed by atoms with Crippen molar-refractivity contribution in [1.82, 2.24) is 20.3 Å². The fourth-order valence-electron chi connectivity index (χ4n) is 3.49. The lowest BCUT2D eigenvalue weighted by Crippen LogP contribution is -2.36. The highest BCUT2D eigenvalue weighted by atomic mass is 16.3. The van der Waals surface area contributed by atoms with E-state index in [1.807, 2.05) is 6.20 Å². The van der Waals surface area contributed by atoms with E-state index in [4.69, 9.17) is 0 Å². The summed E-state index contributed by atoms with van der Waals surface area (Å²) in [7, 11) is 0. The number of unbranched alkanes of at least 4 members (excludes halogenated alkanes) is 9. The summed E-state index contributed by atoms with van der Waals surface area (Å²) >= 11 is 0. The first-order valence-corrected chi connectivity index (χ1v) is 10.2. The fraction of sp³-hybridized carbons (Fsp3) is 0.895. The van der Waals surface area contributed by atoms with Crippen molar-refractivity contribution in [2.24, 2.45) is 0 Å². The quantitative estimate of drug-likeness (QED) is 0.475. The standard InChI is InChI=1S/C19H36N4O2/c1-2-3-4-5-6-7-8-9-10-11-12-16-14-23(22-21-16)15-17-19(25)18(24)13-20-17/h14,17-20,24-25H,2-13,15H2,1H3/t17-,18+,19-/m1/s1. The van der Waals surface area contributed by atoms with Crippen molar-refractivity contribution in [3.05, 3.63) is 11.9 Å². The Morgan fingerprint density at radius 2 is 1.68 bits per heavy atom. The molecule has 0 saturated carbocycles. The van der Waals surface area contributed by atoms with Gasteiger partial charge in [0, 0.05) is 12.7 Å². The van der Waals surface area contributed by atoms with Crippen LogP contribution in [-0.2, 0) is 13.0 Å². The fourth-order valence-corrected chi connectivity index (χ4v) is 3.49. The Kier molecular flexibility index (Phi) is 9.43. The number of rotatable bonds is 13. The molecule has 144 valence electrons. The number of β-amino-alcohol motifs (C(OH)–C–C–N with tert-alkyl or cyclic N) is 1. The van der Waals surface area contributed by atoms with E-state index in [9.17, 15) is 10.2 Å². The van der Waals surface area contributed by atoms with Crippen LogP contribution in [0.5, 0.6) is 0 Å². The van der Waals surface area contributed by atoms with Gasteiger partial charge in [-0.2, -0.15) is 0 Å². The molecule has 6 nitrogen and oxygen atoms in total. The molecule has 0 unspecified atom stereocenters. The molecule has 1 saturated heterocycles. The average molecular weight is 353 g/mol. The maximum absolute atomic E-state index is 9.86. The molecule has 0 bridgehead atoms. The molecule has 1 aliphatic heterocycles. The highest BCUT2D eigenvalue weighted by molar-refractivity contribution is 4.95. The molecule has 2 rings (SSSR count). The highest BCUT2D eigenvalue weighted by Gasteiger charge is 2.33. The minimum atomic E-state index is -0.727. The SMILES string of the molecule is CCCCCCCCCCCCc1cn(C[C@H]2NC[C@H](O)[C@@H]2O)nn1. The number of hydrogen-bond donors (Lipinski definition) is 3. The molecule has 1 aliphatic rings. The van der Waals surface area contributed by atoms with Gasteiger partial charge in [-0.25, -0.2) is 0 Å². The van der Waals surface area contributed by atoms with Crippen molar-refractivity contribution in [1.29, 1.82) is 0 Å². The Labute approximate surface area is 152 Å². The van der Waals surface area contributed by atoms with Crippen LogP contribution >= 0.6 is 0 Å². The van der Waals surface area contributed by atoms with Gasteiger partial charge in [0.25, 0.3) is 0 Å². The molecule has 3 atom stereocenters. The van der Waals surface area contributed by atoms with Crippen LogP contribution in [0.3, 0.4) is 0 Å². The topological polar surface area (TPSA) is 83.2 Å². The summed E-state index contributed by atoms with van der Waals surface area (Å²) in [5.41, 5.74) is 1.02. The number of aliphatic hydroxyl groups is 2. The molecular formula is C19H36N4O2. The monoisotopic (exact) mass is 352 g/mol. The second kappa shape index (κ2) is 11.6. The van der Waals surface area contributed by atoms with Crippen LogP contribution in [-0.4, -0.2) is 50.0 Å². The third-order valence-electron chi connectivity index (χ3n) is 5.15. The van der Waals surface area contributed by atoms with Gasteiger partial charge in [-0.3, -0.25) is 4.68 Å². The van der Waals surface area contributed by atoms with E-state index in [-0.39, 0.29) is 6.04 Å². The second-order valence-electron chi connectivity index (χ2n) is 7.44. The Bertz CT molecular complexity index is 466. The molecule has 1 fully saturated rings. The van der Waals surface area contributed by atoms with Gasteiger partial charge in [-0.05, 0) is 12.8 Å². The smallest absolute Gasteiger partial charge is 0.0982 e. The summed E-state index contributed by atoms with van der Waals surface area (Å²) in [5, 5.41) is 30.9. The lowest BCUT2D eigenvalue weighted by molar-refractivity contribution is 0.0372. The van der Waals surface area contributed by atoms with Crippen LogP contribution in [0, 0.1) is 0 Å². The zero-order chi connectivity index (χ0) is 17.9. The van der Waals surface area contributed by atoms with Gasteiger partial charge in [0.05, 0.1) is 30.5 Å². The molecule has 0 aromatic carbocycles. The van der Waals surface area contributed by atoms with Gasteiger partial charge >= 0.3 is 0 Å². The molecule has 2 heterocycles. The molecule has 0 amide bonds. The normalized spacial score (nSPS) is 23.4. The first kappa shape index (κ1) is 20.3. The Hall–Kier alpha value is -0.980. The van der Waals surface area contributed by atoms with Crippen LogP contribution in [0.15, 0.2) is 6.20 Å². The van der Waals surface area contributed by atoms with E-state index in [2.05, 4.69) is 22.6 Å². The van der Waals surface area contributed by atoms with Gasteiger partial charge in [0.2, 0.25) is 0 Å². The first-order valence-electron chi connectivity index (χ1n) is 10.2. The van der Waals surface area contributed by atoms with Crippen molar-refractivity contribution < 1.29 is 10.2 Å². The second-order valence-corrected chi connectivity index (χ2v) is 7.44.